The van der Waals surface area contributed by atoms with E-state index in [1.165, 1.54) is 11.0 Å². The predicted molar refractivity (Wildman–Crippen MR) is 67.6 cm³/mol. The van der Waals surface area contributed by atoms with Gasteiger partial charge in [0, 0.05) is 18.2 Å². The molecule has 1 fully saturated rings. The van der Waals surface area contributed by atoms with Crippen molar-refractivity contribution in [1.29, 1.82) is 0 Å². The van der Waals surface area contributed by atoms with Gasteiger partial charge in [-0.15, -0.1) is 0 Å². The summed E-state index contributed by atoms with van der Waals surface area (Å²) in [4.78, 5) is 13.6. The number of carbonyl (C=O) groups is 1. The van der Waals surface area contributed by atoms with Crippen molar-refractivity contribution in [2.24, 2.45) is 11.7 Å². The summed E-state index contributed by atoms with van der Waals surface area (Å²) in [6, 6.07) is 0.986. The lowest BCUT2D eigenvalue weighted by molar-refractivity contribution is -0.119. The maximum absolute atomic E-state index is 13.8. The summed E-state index contributed by atoms with van der Waals surface area (Å²) >= 11 is 0. The summed E-state index contributed by atoms with van der Waals surface area (Å²) in [6.07, 6.45) is 4.44. The molecular weight excluding hydrogens is 250 g/mol. The molecule has 1 amide bonds. The van der Waals surface area contributed by atoms with Gasteiger partial charge in [-0.2, -0.15) is 0 Å². The summed E-state index contributed by atoms with van der Waals surface area (Å²) in [7, 11) is 0. The molecule has 0 aromatic heterocycles. The quantitative estimate of drug-likeness (QED) is 0.894. The van der Waals surface area contributed by atoms with Crippen LogP contribution in [0.25, 0.3) is 0 Å². The van der Waals surface area contributed by atoms with E-state index < -0.39 is 17.7 Å². The number of nitrogens with two attached hydrogens (primary N) is 1. The van der Waals surface area contributed by atoms with E-state index in [2.05, 4.69) is 0 Å². The fourth-order valence-electron chi connectivity index (χ4n) is 3.15. The van der Waals surface area contributed by atoms with Gasteiger partial charge in [0.15, 0.2) is 0 Å². The molecule has 102 valence electrons. The molecule has 1 aliphatic carbocycles. The van der Waals surface area contributed by atoms with Crippen LogP contribution in [0.1, 0.15) is 37.3 Å². The van der Waals surface area contributed by atoms with Crippen molar-refractivity contribution in [2.45, 2.75) is 31.7 Å². The van der Waals surface area contributed by atoms with E-state index in [-0.39, 0.29) is 11.5 Å². The van der Waals surface area contributed by atoms with Gasteiger partial charge in [0.2, 0.25) is 5.91 Å². The lowest BCUT2D eigenvalue weighted by atomic mass is 10.1. The molecule has 1 heterocycles. The number of nitrogens with zero attached hydrogens (tertiary/aromatic N) is 1. The number of carbonyl (C=O) groups excluding carboxylic acids is 1. The average Bonchev–Trinajstić information content (AvgIpc) is 2.93. The summed E-state index contributed by atoms with van der Waals surface area (Å²) in [6.45, 7) is 0.516. The minimum Gasteiger partial charge on any atom is -0.316 e. The third kappa shape index (κ3) is 2.02. The van der Waals surface area contributed by atoms with Crippen LogP contribution in [0, 0.1) is 17.6 Å². The van der Waals surface area contributed by atoms with Crippen molar-refractivity contribution in [1.82, 2.24) is 0 Å². The normalized spacial score (nSPS) is 23.2. The Morgan fingerprint density at radius 2 is 1.95 bits per heavy atom. The summed E-state index contributed by atoms with van der Waals surface area (Å²) < 4.78 is 27.1. The number of hydrogen-bond acceptors (Lipinski definition) is 2. The van der Waals surface area contributed by atoms with Crippen molar-refractivity contribution in [3.05, 3.63) is 29.3 Å². The largest absolute Gasteiger partial charge is 0.316 e. The molecule has 0 bridgehead atoms. The van der Waals surface area contributed by atoms with E-state index in [0.29, 0.717) is 18.2 Å². The summed E-state index contributed by atoms with van der Waals surface area (Å²) in [5, 5.41) is 0. The molecule has 3 rings (SSSR count). The van der Waals surface area contributed by atoms with Crippen molar-refractivity contribution in [3.8, 4) is 0 Å². The highest BCUT2D eigenvalue weighted by molar-refractivity contribution is 6.04. The fourth-order valence-corrected chi connectivity index (χ4v) is 3.15. The van der Waals surface area contributed by atoms with Crippen LogP contribution in [-0.4, -0.2) is 12.5 Å². The minimum atomic E-state index is -1.00. The maximum Gasteiger partial charge on any atom is 0.248 e. The van der Waals surface area contributed by atoms with Gasteiger partial charge in [-0.05, 0) is 24.8 Å². The molecule has 5 heteroatoms. The Balaban J connectivity index is 1.96. The molecule has 0 spiro atoms. The zero-order valence-corrected chi connectivity index (χ0v) is 10.5. The van der Waals surface area contributed by atoms with Gasteiger partial charge in [0.1, 0.15) is 17.7 Å². The molecule has 19 heavy (non-hydrogen) atoms. The number of hydrogen-bond donors (Lipinski definition) is 1. The second kappa shape index (κ2) is 4.56. The van der Waals surface area contributed by atoms with Gasteiger partial charge in [-0.3, -0.25) is 4.79 Å². The molecule has 1 aromatic carbocycles. The predicted octanol–water partition coefficient (Wildman–Crippen LogP) is 2.50. The monoisotopic (exact) mass is 266 g/mol. The van der Waals surface area contributed by atoms with Crippen LogP contribution >= 0.6 is 0 Å². The smallest absolute Gasteiger partial charge is 0.248 e. The average molecular weight is 266 g/mol. The summed E-state index contributed by atoms with van der Waals surface area (Å²) in [5.74, 6) is -1.32. The molecular formula is C14H16F2N2O. The van der Waals surface area contributed by atoms with Gasteiger partial charge < -0.3 is 10.6 Å². The van der Waals surface area contributed by atoms with Gasteiger partial charge in [-0.25, -0.2) is 8.78 Å². The number of anilines is 1. The number of fused-ring (bicyclic) bond motifs is 1. The Morgan fingerprint density at radius 3 is 2.63 bits per heavy atom. The molecule has 2 N–H and O–H groups in total. The van der Waals surface area contributed by atoms with Crippen LogP contribution in [-0.2, 0) is 4.79 Å². The van der Waals surface area contributed by atoms with E-state index in [1.54, 1.807) is 0 Å². The number of halogens is 2. The Hall–Kier alpha value is -1.49. The molecule has 0 saturated heterocycles. The lowest BCUT2D eigenvalue weighted by Gasteiger charge is -2.21. The Kier molecular flexibility index (Phi) is 3.01. The Labute approximate surface area is 110 Å². The van der Waals surface area contributed by atoms with Gasteiger partial charge in [0.05, 0.1) is 5.69 Å². The highest BCUT2D eigenvalue weighted by Crippen LogP contribution is 2.39. The number of amides is 1. The highest BCUT2D eigenvalue weighted by atomic mass is 19.1. The number of benzene rings is 1. The molecule has 1 saturated carbocycles. The van der Waals surface area contributed by atoms with Crippen LogP contribution < -0.4 is 10.6 Å². The molecule has 2 aliphatic rings. The Bertz CT molecular complexity index is 526. The van der Waals surface area contributed by atoms with Gasteiger partial charge >= 0.3 is 0 Å². The first kappa shape index (κ1) is 12.5. The Morgan fingerprint density at radius 1 is 1.26 bits per heavy atom. The van der Waals surface area contributed by atoms with Crippen LogP contribution in [0.15, 0.2) is 12.1 Å². The van der Waals surface area contributed by atoms with Crippen LogP contribution in [0.4, 0.5) is 14.5 Å². The number of rotatable bonds is 2. The van der Waals surface area contributed by atoms with Crippen molar-refractivity contribution in [3.63, 3.8) is 0 Å². The highest BCUT2D eigenvalue weighted by Gasteiger charge is 2.38. The SMILES string of the molecule is NC1C(=O)N(CC2CCCC2)c2cc(F)cc(F)c21. The van der Waals surface area contributed by atoms with Crippen LogP contribution in [0.5, 0.6) is 0 Å². The first-order valence-electron chi connectivity index (χ1n) is 6.64. The molecule has 1 unspecified atom stereocenters. The lowest BCUT2D eigenvalue weighted by Crippen LogP contribution is -2.35. The van der Waals surface area contributed by atoms with Crippen molar-refractivity contribution >= 4 is 11.6 Å². The van der Waals surface area contributed by atoms with E-state index in [0.717, 1.165) is 31.7 Å². The first-order valence-corrected chi connectivity index (χ1v) is 6.64. The standard InChI is InChI=1S/C14H16F2N2O/c15-9-5-10(16)12-11(6-9)18(14(19)13(12)17)7-8-3-1-2-4-8/h5-6,8,13H,1-4,7,17H2. The van der Waals surface area contributed by atoms with Gasteiger partial charge in [0.25, 0.3) is 0 Å². The van der Waals surface area contributed by atoms with Crippen LogP contribution in [0.2, 0.25) is 0 Å². The second-order valence-corrected chi connectivity index (χ2v) is 5.40. The summed E-state index contributed by atoms with van der Waals surface area (Å²) in [5.41, 5.74) is 6.19. The first-order chi connectivity index (χ1) is 9.08. The maximum atomic E-state index is 13.8. The molecule has 1 aromatic rings. The molecule has 0 radical (unpaired) electrons. The van der Waals surface area contributed by atoms with Gasteiger partial charge in [-0.1, -0.05) is 12.8 Å². The zero-order valence-electron chi connectivity index (χ0n) is 10.5. The molecule has 1 atom stereocenters. The van der Waals surface area contributed by atoms with E-state index in [4.69, 9.17) is 5.73 Å². The van der Waals surface area contributed by atoms with Crippen LogP contribution in [0.3, 0.4) is 0 Å². The zero-order chi connectivity index (χ0) is 13.6. The molecule has 1 aliphatic heterocycles. The van der Waals surface area contributed by atoms with Crippen molar-refractivity contribution in [2.75, 3.05) is 11.4 Å². The second-order valence-electron chi connectivity index (χ2n) is 5.40. The molecule has 3 nitrogen and oxygen atoms in total. The third-order valence-electron chi connectivity index (χ3n) is 4.12. The minimum absolute atomic E-state index is 0.129. The van der Waals surface area contributed by atoms with E-state index >= 15 is 0 Å². The topological polar surface area (TPSA) is 46.3 Å². The van der Waals surface area contributed by atoms with Crippen molar-refractivity contribution < 1.29 is 13.6 Å². The fraction of sp³-hybridized carbons (Fsp3) is 0.500. The van der Waals surface area contributed by atoms with E-state index in [1.807, 2.05) is 0 Å². The van der Waals surface area contributed by atoms with E-state index in [9.17, 15) is 13.6 Å². The third-order valence-corrected chi connectivity index (χ3v) is 4.12.